The lowest BCUT2D eigenvalue weighted by Crippen LogP contribution is -2.28. The van der Waals surface area contributed by atoms with Crippen LogP contribution in [0.4, 0.5) is 4.39 Å². The van der Waals surface area contributed by atoms with Crippen LogP contribution in [0.3, 0.4) is 0 Å². The quantitative estimate of drug-likeness (QED) is 0.542. The number of hydrogen-bond donors (Lipinski definition) is 0. The Hall–Kier alpha value is -0.0700. The summed E-state index contributed by atoms with van der Waals surface area (Å²) in [7, 11) is 0. The molecule has 0 saturated heterocycles. The van der Waals surface area contributed by atoms with Crippen molar-refractivity contribution < 1.29 is 4.39 Å². The lowest BCUT2D eigenvalue weighted by molar-refractivity contribution is 0.116. The maximum atomic E-state index is 14.1. The largest absolute Gasteiger partial charge is 0.247 e. The first kappa shape index (κ1) is 15.3. The molecule has 0 spiro atoms. The molecule has 3 unspecified atom stereocenters. The van der Waals surface area contributed by atoms with Crippen LogP contribution in [0.5, 0.6) is 0 Å². The number of halogens is 1. The van der Waals surface area contributed by atoms with E-state index in [9.17, 15) is 4.39 Å². The average Bonchev–Trinajstić information content (AvgIpc) is 2.94. The fraction of sp³-hybridized carbons (Fsp3) is 1.00. The number of hydrogen-bond acceptors (Lipinski definition) is 0. The van der Waals surface area contributed by atoms with Crippen molar-refractivity contribution in [1.29, 1.82) is 0 Å². The van der Waals surface area contributed by atoms with Crippen LogP contribution >= 0.6 is 0 Å². The minimum atomic E-state index is -0.597. The minimum Gasteiger partial charge on any atom is -0.247 e. The molecule has 0 nitrogen and oxygen atoms in total. The van der Waals surface area contributed by atoms with Gasteiger partial charge in [-0.05, 0) is 37.0 Å². The van der Waals surface area contributed by atoms with Crippen LogP contribution < -0.4 is 0 Å². The Morgan fingerprint density at radius 1 is 0.895 bits per heavy atom. The zero-order valence-corrected chi connectivity index (χ0v) is 13.0. The topological polar surface area (TPSA) is 0 Å². The highest BCUT2D eigenvalue weighted by molar-refractivity contribution is 4.83. The molecule has 3 atom stereocenters. The van der Waals surface area contributed by atoms with Crippen molar-refractivity contribution in [2.24, 2.45) is 23.7 Å². The van der Waals surface area contributed by atoms with Crippen LogP contribution in [0.25, 0.3) is 0 Å². The van der Waals surface area contributed by atoms with Crippen molar-refractivity contribution in [1.82, 2.24) is 0 Å². The third kappa shape index (κ3) is 4.20. The van der Waals surface area contributed by atoms with Crippen molar-refractivity contribution in [2.75, 3.05) is 0 Å². The van der Waals surface area contributed by atoms with Gasteiger partial charge < -0.3 is 0 Å². The van der Waals surface area contributed by atoms with E-state index in [1.165, 1.54) is 70.6 Å². The van der Waals surface area contributed by atoms with Gasteiger partial charge in [-0.25, -0.2) is 4.39 Å². The lowest BCUT2D eigenvalue weighted by Gasteiger charge is -2.35. The van der Waals surface area contributed by atoms with Crippen LogP contribution in [0.1, 0.15) is 84.5 Å². The summed E-state index contributed by atoms with van der Waals surface area (Å²) in [5.74, 6) is 2.75. The number of rotatable bonds is 6. The SMILES string of the molecule is CCC(CC(C(C)F)C1CCCC1)C1CCCCC1. The molecule has 0 aromatic rings. The van der Waals surface area contributed by atoms with Gasteiger partial charge in [-0.2, -0.15) is 0 Å². The van der Waals surface area contributed by atoms with Gasteiger partial charge in [-0.1, -0.05) is 71.1 Å². The molecular formula is C18H33F. The second kappa shape index (κ2) is 7.64. The second-order valence-corrected chi connectivity index (χ2v) is 7.19. The highest BCUT2D eigenvalue weighted by Gasteiger charge is 2.33. The van der Waals surface area contributed by atoms with Crippen molar-refractivity contribution in [3.8, 4) is 0 Å². The average molecular weight is 268 g/mol. The molecule has 1 heteroatoms. The summed E-state index contributed by atoms with van der Waals surface area (Å²) < 4.78 is 14.1. The highest BCUT2D eigenvalue weighted by atomic mass is 19.1. The monoisotopic (exact) mass is 268 g/mol. The molecule has 112 valence electrons. The Bertz CT molecular complexity index is 236. The first-order chi connectivity index (χ1) is 9.22. The molecule has 2 saturated carbocycles. The summed E-state index contributed by atoms with van der Waals surface area (Å²) in [6.07, 6.45) is 14.2. The third-order valence-electron chi connectivity index (χ3n) is 6.01. The molecule has 0 heterocycles. The summed E-state index contributed by atoms with van der Waals surface area (Å²) in [4.78, 5) is 0. The van der Waals surface area contributed by atoms with E-state index in [-0.39, 0.29) is 0 Å². The molecule has 2 aliphatic rings. The number of alkyl halides is 1. The second-order valence-electron chi connectivity index (χ2n) is 7.19. The van der Waals surface area contributed by atoms with E-state index in [4.69, 9.17) is 0 Å². The molecule has 0 aromatic heterocycles. The Balaban J connectivity index is 1.92. The zero-order chi connectivity index (χ0) is 13.7. The van der Waals surface area contributed by atoms with Gasteiger partial charge in [0.1, 0.15) is 6.17 Å². The standard InChI is InChI=1S/C18H33F/c1-3-15(16-9-5-4-6-10-16)13-18(14(2)19)17-11-7-8-12-17/h14-18H,3-13H2,1-2H3. The fourth-order valence-electron chi connectivity index (χ4n) is 4.79. The highest BCUT2D eigenvalue weighted by Crippen LogP contribution is 2.42. The summed E-state index contributed by atoms with van der Waals surface area (Å²) in [6.45, 7) is 4.14. The van der Waals surface area contributed by atoms with Crippen LogP contribution in [-0.2, 0) is 0 Å². The molecule has 0 aliphatic heterocycles. The molecule has 19 heavy (non-hydrogen) atoms. The first-order valence-corrected chi connectivity index (χ1v) is 8.86. The molecule has 2 fully saturated rings. The van der Waals surface area contributed by atoms with Crippen LogP contribution in [0, 0.1) is 23.7 Å². The molecule has 2 aliphatic carbocycles. The molecule has 2 rings (SSSR count). The van der Waals surface area contributed by atoms with Gasteiger partial charge in [0.15, 0.2) is 0 Å². The summed E-state index contributed by atoms with van der Waals surface area (Å²) in [6, 6.07) is 0. The smallest absolute Gasteiger partial charge is 0.100 e. The van der Waals surface area contributed by atoms with Gasteiger partial charge in [0.2, 0.25) is 0 Å². The van der Waals surface area contributed by atoms with E-state index in [0.717, 1.165) is 11.8 Å². The fourth-order valence-corrected chi connectivity index (χ4v) is 4.79. The zero-order valence-electron chi connectivity index (χ0n) is 13.0. The van der Waals surface area contributed by atoms with Crippen LogP contribution in [0.15, 0.2) is 0 Å². The van der Waals surface area contributed by atoms with Crippen molar-refractivity contribution >= 4 is 0 Å². The third-order valence-corrected chi connectivity index (χ3v) is 6.01. The maximum absolute atomic E-state index is 14.1. The van der Waals surface area contributed by atoms with E-state index < -0.39 is 6.17 Å². The van der Waals surface area contributed by atoms with E-state index >= 15 is 0 Å². The maximum Gasteiger partial charge on any atom is 0.100 e. The minimum absolute atomic E-state index is 0.356. The lowest BCUT2D eigenvalue weighted by atomic mass is 9.72. The van der Waals surface area contributed by atoms with Gasteiger partial charge in [-0.3, -0.25) is 0 Å². The Kier molecular flexibility index (Phi) is 6.16. The predicted molar refractivity (Wildman–Crippen MR) is 81.0 cm³/mol. The van der Waals surface area contributed by atoms with Crippen LogP contribution in [0.2, 0.25) is 0 Å². The van der Waals surface area contributed by atoms with Crippen molar-refractivity contribution in [3.63, 3.8) is 0 Å². The van der Waals surface area contributed by atoms with Gasteiger partial charge in [0, 0.05) is 0 Å². The summed E-state index contributed by atoms with van der Waals surface area (Å²) >= 11 is 0. The molecular weight excluding hydrogens is 235 g/mol. The van der Waals surface area contributed by atoms with Gasteiger partial charge >= 0.3 is 0 Å². The van der Waals surface area contributed by atoms with Gasteiger partial charge in [-0.15, -0.1) is 0 Å². The van der Waals surface area contributed by atoms with E-state index in [2.05, 4.69) is 6.92 Å². The molecule has 0 radical (unpaired) electrons. The summed E-state index contributed by atoms with van der Waals surface area (Å²) in [5.41, 5.74) is 0. The first-order valence-electron chi connectivity index (χ1n) is 8.86. The summed E-state index contributed by atoms with van der Waals surface area (Å²) in [5, 5.41) is 0. The van der Waals surface area contributed by atoms with E-state index in [1.807, 2.05) is 6.92 Å². The molecule has 0 N–H and O–H groups in total. The van der Waals surface area contributed by atoms with Crippen molar-refractivity contribution in [3.05, 3.63) is 0 Å². The predicted octanol–water partition coefficient (Wildman–Crippen LogP) is 6.15. The Labute approximate surface area is 119 Å². The van der Waals surface area contributed by atoms with Crippen LogP contribution in [-0.4, -0.2) is 6.17 Å². The molecule has 0 aromatic carbocycles. The normalized spacial score (nSPS) is 27.3. The van der Waals surface area contributed by atoms with Crippen molar-refractivity contribution in [2.45, 2.75) is 90.6 Å². The Morgan fingerprint density at radius 3 is 1.95 bits per heavy atom. The molecule has 0 amide bonds. The van der Waals surface area contributed by atoms with E-state index in [0.29, 0.717) is 11.8 Å². The molecule has 0 bridgehead atoms. The van der Waals surface area contributed by atoms with Gasteiger partial charge in [0.05, 0.1) is 0 Å². The Morgan fingerprint density at radius 2 is 1.42 bits per heavy atom. The van der Waals surface area contributed by atoms with Gasteiger partial charge in [0.25, 0.3) is 0 Å². The van der Waals surface area contributed by atoms with E-state index in [1.54, 1.807) is 0 Å².